The largest absolute Gasteiger partial charge is 0.484 e. The summed E-state index contributed by atoms with van der Waals surface area (Å²) in [7, 11) is 0. The van der Waals surface area contributed by atoms with Crippen LogP contribution in [0.4, 0.5) is 4.39 Å². The number of oxazole rings is 1. The molecule has 0 bridgehead atoms. The summed E-state index contributed by atoms with van der Waals surface area (Å²) >= 11 is 0. The molecule has 0 saturated heterocycles. The monoisotopic (exact) mass is 528 g/mol. The third kappa shape index (κ3) is 5.98. The van der Waals surface area contributed by atoms with E-state index in [4.69, 9.17) is 9.15 Å². The fourth-order valence-electron chi connectivity index (χ4n) is 4.66. The smallest absolute Gasteiger partial charge is 0.273 e. The molecular formula is C30H29FN4O4. The van der Waals surface area contributed by atoms with E-state index >= 15 is 0 Å². The third-order valence-electron chi connectivity index (χ3n) is 6.66. The Labute approximate surface area is 225 Å². The van der Waals surface area contributed by atoms with Crippen LogP contribution in [0, 0.1) is 11.7 Å². The van der Waals surface area contributed by atoms with Crippen molar-refractivity contribution in [3.05, 3.63) is 113 Å². The molecule has 0 unspecified atom stereocenters. The Morgan fingerprint density at radius 1 is 1.13 bits per heavy atom. The predicted molar refractivity (Wildman–Crippen MR) is 141 cm³/mol. The van der Waals surface area contributed by atoms with Crippen molar-refractivity contribution in [3.63, 3.8) is 0 Å². The molecule has 200 valence electrons. The zero-order chi connectivity index (χ0) is 27.4. The van der Waals surface area contributed by atoms with Crippen molar-refractivity contribution in [2.45, 2.75) is 39.5 Å². The second-order valence-electron chi connectivity index (χ2n) is 9.70. The maximum Gasteiger partial charge on any atom is 0.273 e. The van der Waals surface area contributed by atoms with Gasteiger partial charge in [0.15, 0.2) is 12.3 Å². The third-order valence-corrected chi connectivity index (χ3v) is 6.66. The van der Waals surface area contributed by atoms with Gasteiger partial charge in [-0.05, 0) is 65.1 Å². The number of aromatic nitrogens is 2. The van der Waals surface area contributed by atoms with Crippen LogP contribution in [-0.4, -0.2) is 33.2 Å². The molecule has 8 nitrogen and oxygen atoms in total. The molecule has 0 fully saturated rings. The highest BCUT2D eigenvalue weighted by Gasteiger charge is 2.33. The summed E-state index contributed by atoms with van der Waals surface area (Å²) in [4.78, 5) is 35.6. The van der Waals surface area contributed by atoms with E-state index in [-0.39, 0.29) is 47.8 Å². The molecule has 1 atom stereocenters. The minimum atomic E-state index is -0.356. The molecule has 0 saturated carbocycles. The van der Waals surface area contributed by atoms with E-state index < -0.39 is 0 Å². The number of hydrogen-bond donors (Lipinski definition) is 1. The van der Waals surface area contributed by atoms with Gasteiger partial charge in [0, 0.05) is 31.4 Å². The molecule has 5 rings (SSSR count). The number of benzene rings is 2. The van der Waals surface area contributed by atoms with Gasteiger partial charge >= 0.3 is 0 Å². The van der Waals surface area contributed by atoms with Gasteiger partial charge in [0.2, 0.25) is 11.8 Å². The van der Waals surface area contributed by atoms with Crippen molar-refractivity contribution in [1.29, 1.82) is 0 Å². The van der Waals surface area contributed by atoms with Gasteiger partial charge < -0.3 is 19.4 Å². The van der Waals surface area contributed by atoms with Crippen LogP contribution in [0.5, 0.6) is 5.75 Å². The lowest BCUT2D eigenvalue weighted by Crippen LogP contribution is -2.42. The average molecular weight is 529 g/mol. The predicted octanol–water partition coefficient (Wildman–Crippen LogP) is 4.85. The first-order valence-corrected chi connectivity index (χ1v) is 12.8. The molecule has 1 aliphatic heterocycles. The number of fused-ring (bicyclic) bond motifs is 1. The second kappa shape index (κ2) is 11.5. The number of hydrogen-bond acceptors (Lipinski definition) is 6. The number of carbonyl (C=O) groups excluding carboxylic acids is 2. The van der Waals surface area contributed by atoms with Crippen molar-refractivity contribution in [3.8, 4) is 5.75 Å². The molecule has 1 N–H and O–H groups in total. The van der Waals surface area contributed by atoms with E-state index in [1.165, 1.54) is 18.4 Å². The molecule has 1 aliphatic rings. The summed E-state index contributed by atoms with van der Waals surface area (Å²) in [5, 5.41) is 2.80. The first-order valence-electron chi connectivity index (χ1n) is 12.8. The maximum atomic E-state index is 13.7. The average Bonchev–Trinajstić information content (AvgIpc) is 3.44. The molecule has 3 heterocycles. The van der Waals surface area contributed by atoms with Crippen LogP contribution in [0.2, 0.25) is 0 Å². The van der Waals surface area contributed by atoms with Gasteiger partial charge in [-0.25, -0.2) is 9.37 Å². The Morgan fingerprint density at radius 2 is 1.90 bits per heavy atom. The Hall–Kier alpha value is -4.53. The van der Waals surface area contributed by atoms with E-state index in [9.17, 15) is 14.0 Å². The molecule has 4 aromatic rings. The fourth-order valence-corrected chi connectivity index (χ4v) is 4.66. The standard InChI is InChI=1S/C30H29FN4O4/c1-19(2)30(37)35-14-11-21-5-8-24(15-25(21)28(35)22-3-6-23(31)7-4-22)38-18-27-34-26(17-39-27)29(36)33-16-20-9-12-32-13-10-20/h3-10,12-13,15,17,19,28H,11,14,16,18H2,1-2H3,(H,33,36)/t28-/m1/s1. The van der Waals surface area contributed by atoms with E-state index in [2.05, 4.69) is 15.3 Å². The zero-order valence-corrected chi connectivity index (χ0v) is 21.8. The van der Waals surface area contributed by atoms with Crippen LogP contribution in [0.1, 0.15) is 58.5 Å². The summed E-state index contributed by atoms with van der Waals surface area (Å²) in [5.41, 5.74) is 3.95. The summed E-state index contributed by atoms with van der Waals surface area (Å²) in [5.74, 6) is 0.0126. The molecule has 0 spiro atoms. The fraction of sp³-hybridized carbons (Fsp3) is 0.267. The quantitative estimate of drug-likeness (QED) is 0.351. The van der Waals surface area contributed by atoms with Gasteiger partial charge in [0.05, 0.1) is 6.04 Å². The highest BCUT2D eigenvalue weighted by atomic mass is 19.1. The SMILES string of the molecule is CC(C)C(=O)N1CCc2ccc(OCc3nc(C(=O)NCc4ccncc4)co3)cc2[C@H]1c1ccc(F)cc1. The zero-order valence-electron chi connectivity index (χ0n) is 21.8. The number of halogens is 1. The molecule has 0 aliphatic carbocycles. The van der Waals surface area contributed by atoms with E-state index in [1.807, 2.05) is 49.1 Å². The van der Waals surface area contributed by atoms with Crippen LogP contribution < -0.4 is 10.1 Å². The van der Waals surface area contributed by atoms with Crippen molar-refractivity contribution in [2.24, 2.45) is 5.92 Å². The Balaban J connectivity index is 1.31. The van der Waals surface area contributed by atoms with Gasteiger partial charge in [-0.15, -0.1) is 0 Å². The lowest BCUT2D eigenvalue weighted by atomic mass is 9.87. The van der Waals surface area contributed by atoms with Gasteiger partial charge in [-0.3, -0.25) is 14.6 Å². The molecule has 2 aromatic heterocycles. The van der Waals surface area contributed by atoms with Crippen LogP contribution in [0.3, 0.4) is 0 Å². The minimum Gasteiger partial charge on any atom is -0.484 e. The minimum absolute atomic E-state index is 0.0201. The lowest BCUT2D eigenvalue weighted by Gasteiger charge is -2.39. The Morgan fingerprint density at radius 3 is 2.64 bits per heavy atom. The van der Waals surface area contributed by atoms with Gasteiger partial charge in [-0.2, -0.15) is 0 Å². The van der Waals surface area contributed by atoms with Crippen LogP contribution in [-0.2, 0) is 24.4 Å². The summed E-state index contributed by atoms with van der Waals surface area (Å²) in [6, 6.07) is 15.3. The normalized spacial score (nSPS) is 14.7. The molecule has 0 radical (unpaired) electrons. The van der Waals surface area contributed by atoms with E-state index in [1.54, 1.807) is 24.5 Å². The highest BCUT2D eigenvalue weighted by molar-refractivity contribution is 5.91. The van der Waals surface area contributed by atoms with Crippen LogP contribution in [0.25, 0.3) is 0 Å². The first kappa shape index (κ1) is 26.1. The summed E-state index contributed by atoms with van der Waals surface area (Å²) in [6.07, 6.45) is 5.33. The van der Waals surface area contributed by atoms with Crippen LogP contribution >= 0.6 is 0 Å². The summed E-state index contributed by atoms with van der Waals surface area (Å²) in [6.45, 7) is 4.70. The van der Waals surface area contributed by atoms with Crippen molar-refractivity contribution >= 4 is 11.8 Å². The molecule has 9 heteroatoms. The number of pyridine rings is 1. The molecule has 39 heavy (non-hydrogen) atoms. The summed E-state index contributed by atoms with van der Waals surface area (Å²) < 4.78 is 25.1. The highest BCUT2D eigenvalue weighted by Crippen LogP contribution is 2.38. The first-order chi connectivity index (χ1) is 18.9. The molecule has 2 amide bonds. The van der Waals surface area contributed by atoms with Crippen molar-refractivity contribution in [1.82, 2.24) is 20.2 Å². The van der Waals surface area contributed by atoms with Crippen LogP contribution in [0.15, 0.2) is 77.7 Å². The number of nitrogens with one attached hydrogen (secondary N) is 1. The number of amides is 2. The van der Waals surface area contributed by atoms with Crippen molar-refractivity contribution < 1.29 is 23.1 Å². The molecule has 2 aromatic carbocycles. The second-order valence-corrected chi connectivity index (χ2v) is 9.70. The number of nitrogens with zero attached hydrogens (tertiary/aromatic N) is 3. The van der Waals surface area contributed by atoms with Gasteiger partial charge in [0.1, 0.15) is 17.8 Å². The molecular weight excluding hydrogens is 499 g/mol. The van der Waals surface area contributed by atoms with E-state index in [0.717, 1.165) is 22.3 Å². The lowest BCUT2D eigenvalue weighted by molar-refractivity contribution is -0.136. The topological polar surface area (TPSA) is 97.6 Å². The van der Waals surface area contributed by atoms with Crippen molar-refractivity contribution in [2.75, 3.05) is 6.54 Å². The van der Waals surface area contributed by atoms with E-state index in [0.29, 0.717) is 25.3 Å². The number of carbonyl (C=O) groups is 2. The Bertz CT molecular complexity index is 1450. The van der Waals surface area contributed by atoms with Gasteiger partial charge in [0.25, 0.3) is 5.91 Å². The number of ether oxygens (including phenoxy) is 1. The van der Waals surface area contributed by atoms with Gasteiger partial charge in [-0.1, -0.05) is 32.0 Å². The maximum absolute atomic E-state index is 13.7. The number of rotatable bonds is 8. The Kier molecular flexibility index (Phi) is 7.67.